The fourth-order valence-corrected chi connectivity index (χ4v) is 5.54. The largest absolute Gasteiger partial charge is 0.421 e. The third-order valence-corrected chi connectivity index (χ3v) is 10.7. The van der Waals surface area contributed by atoms with Gasteiger partial charge in [0.15, 0.2) is 9.04 Å². The van der Waals surface area contributed by atoms with Crippen LogP contribution in [0.5, 0.6) is 0 Å². The van der Waals surface area contributed by atoms with Gasteiger partial charge in [-0.1, -0.05) is 0 Å². The first kappa shape index (κ1) is 5.53. The van der Waals surface area contributed by atoms with Crippen molar-refractivity contribution in [1.29, 1.82) is 0 Å². The van der Waals surface area contributed by atoms with Crippen molar-refractivity contribution >= 4 is 18.6 Å². The fraction of sp³-hybridized carbons (Fsp3) is 1.00. The zero-order chi connectivity index (χ0) is 5.11. The van der Waals surface area contributed by atoms with Crippen LogP contribution in [0.4, 0.5) is 0 Å². The van der Waals surface area contributed by atoms with Crippen molar-refractivity contribution in [1.82, 2.24) is 0 Å². The number of hydrogen-bond donors (Lipinski definition) is 0. The van der Waals surface area contributed by atoms with Gasteiger partial charge in [-0.25, -0.2) is 0 Å². The van der Waals surface area contributed by atoms with Crippen LogP contribution in [0.15, 0.2) is 0 Å². The summed E-state index contributed by atoms with van der Waals surface area (Å²) in [6, 6.07) is 0. The normalized spacial score (nSPS) is 33.0. The van der Waals surface area contributed by atoms with Crippen LogP contribution in [0, 0.1) is 0 Å². The molecule has 1 aliphatic heterocycles. The summed E-state index contributed by atoms with van der Waals surface area (Å²) in [7, 11) is 0.0349. The second kappa shape index (κ2) is 2.64. The van der Waals surface area contributed by atoms with Gasteiger partial charge in [0.25, 0.3) is 0 Å². The molecule has 1 rings (SSSR count). The molecule has 1 heterocycles. The highest BCUT2D eigenvalue weighted by molar-refractivity contribution is 6.82. The van der Waals surface area contributed by atoms with E-state index >= 15 is 0 Å². The first-order valence-electron chi connectivity index (χ1n) is 3.05. The summed E-state index contributed by atoms with van der Waals surface area (Å²) in [4.78, 5) is 0. The lowest BCUT2D eigenvalue weighted by Crippen LogP contribution is -2.32. The Morgan fingerprint density at radius 1 is 1.71 bits per heavy atom. The van der Waals surface area contributed by atoms with Gasteiger partial charge >= 0.3 is 0 Å². The molecule has 0 saturated carbocycles. The van der Waals surface area contributed by atoms with Gasteiger partial charge in [0.05, 0.1) is 0 Å². The molecule has 0 unspecified atom stereocenters. The van der Waals surface area contributed by atoms with E-state index in [1.54, 1.807) is 11.3 Å². The van der Waals surface area contributed by atoms with E-state index in [2.05, 4.69) is 6.92 Å². The third-order valence-electron chi connectivity index (χ3n) is 1.45. The van der Waals surface area contributed by atoms with E-state index in [-0.39, 0.29) is 0 Å². The first-order chi connectivity index (χ1) is 3.43. The monoisotopic (exact) mass is 132 g/mol. The van der Waals surface area contributed by atoms with Crippen LogP contribution in [0.1, 0.15) is 6.92 Å². The second-order valence-electron chi connectivity index (χ2n) is 2.01. The van der Waals surface area contributed by atoms with Gasteiger partial charge in [0.1, 0.15) is 0 Å². The Kier molecular flexibility index (Phi) is 2.09. The predicted molar refractivity (Wildman–Crippen MR) is 36.9 cm³/mol. The summed E-state index contributed by atoms with van der Waals surface area (Å²) in [5.74, 6) is 0. The molecule has 0 N–H and O–H groups in total. The lowest BCUT2D eigenvalue weighted by molar-refractivity contribution is 0.344. The van der Waals surface area contributed by atoms with E-state index in [1.165, 1.54) is 0 Å². The van der Waals surface area contributed by atoms with Crippen molar-refractivity contribution in [3.05, 3.63) is 0 Å². The first-order valence-corrected chi connectivity index (χ1v) is 7.15. The topological polar surface area (TPSA) is 9.23 Å². The zero-order valence-electron chi connectivity index (χ0n) is 4.81. The molecule has 1 fully saturated rings. The van der Waals surface area contributed by atoms with Crippen LogP contribution in [-0.4, -0.2) is 25.2 Å². The van der Waals surface area contributed by atoms with Gasteiger partial charge in [-0.15, -0.1) is 0 Å². The fourth-order valence-electron chi connectivity index (χ4n) is 0.773. The summed E-state index contributed by atoms with van der Waals surface area (Å²) in [6.07, 6.45) is 0. The summed E-state index contributed by atoms with van der Waals surface area (Å²) in [6.45, 7) is 3.08. The van der Waals surface area contributed by atoms with Gasteiger partial charge < -0.3 is 4.43 Å². The van der Waals surface area contributed by atoms with Crippen LogP contribution in [-0.2, 0) is 4.43 Å². The van der Waals surface area contributed by atoms with Crippen LogP contribution in [0.2, 0.25) is 11.3 Å². The van der Waals surface area contributed by atoms with E-state index in [1.807, 2.05) is 0 Å². The molecule has 1 aliphatic rings. The Morgan fingerprint density at radius 3 is 2.57 bits per heavy atom. The van der Waals surface area contributed by atoms with Crippen molar-refractivity contribution in [2.75, 3.05) is 6.61 Å². The minimum atomic E-state index is -0.439. The van der Waals surface area contributed by atoms with Crippen LogP contribution >= 0.6 is 0 Å². The highest BCUT2D eigenvalue weighted by Gasteiger charge is 2.19. The van der Waals surface area contributed by atoms with Crippen molar-refractivity contribution in [2.24, 2.45) is 0 Å². The molecule has 0 amide bonds. The molecule has 0 aliphatic carbocycles. The summed E-state index contributed by atoms with van der Waals surface area (Å²) < 4.78 is 5.45. The van der Waals surface area contributed by atoms with Crippen molar-refractivity contribution in [2.45, 2.75) is 18.3 Å². The third kappa shape index (κ3) is 1.40. The summed E-state index contributed by atoms with van der Waals surface area (Å²) in [5, 5.41) is 0. The minimum absolute atomic E-state index is 0.439. The van der Waals surface area contributed by atoms with E-state index < -0.39 is 9.04 Å². The quantitative estimate of drug-likeness (QED) is 0.475. The minimum Gasteiger partial charge on any atom is -0.421 e. The lowest BCUT2D eigenvalue weighted by atomic mass is 10.9. The average Bonchev–Trinajstić information content (AvgIpc) is 1.55. The Morgan fingerprint density at radius 2 is 2.43 bits per heavy atom. The highest BCUT2D eigenvalue weighted by Crippen LogP contribution is 2.10. The standard InChI is InChI=1S/C4H12OSi2/c1-2-5-7-3-6-4-7/h7H,2-4,6H2,1H3. The molecule has 0 spiro atoms. The molecule has 1 saturated heterocycles. The predicted octanol–water partition coefficient (Wildman–Crippen LogP) is -0.156. The Hall–Kier alpha value is 0.394. The molecule has 42 valence electrons. The van der Waals surface area contributed by atoms with E-state index in [0.29, 0.717) is 9.52 Å². The van der Waals surface area contributed by atoms with Crippen LogP contribution < -0.4 is 0 Å². The molecule has 0 bridgehead atoms. The smallest absolute Gasteiger partial charge is 0.170 e. The molecule has 0 atom stereocenters. The molecule has 1 nitrogen and oxygen atoms in total. The van der Waals surface area contributed by atoms with Crippen LogP contribution in [0.3, 0.4) is 0 Å². The zero-order valence-corrected chi connectivity index (χ0v) is 7.38. The Labute approximate surface area is 48.6 Å². The van der Waals surface area contributed by atoms with Gasteiger partial charge in [0.2, 0.25) is 0 Å². The lowest BCUT2D eigenvalue weighted by Gasteiger charge is -2.21. The van der Waals surface area contributed by atoms with Crippen molar-refractivity contribution < 1.29 is 4.43 Å². The summed E-state index contributed by atoms with van der Waals surface area (Å²) >= 11 is 0. The average molecular weight is 132 g/mol. The maximum absolute atomic E-state index is 5.45. The summed E-state index contributed by atoms with van der Waals surface area (Å²) in [5.41, 5.74) is 3.15. The second-order valence-corrected chi connectivity index (χ2v) is 8.91. The highest BCUT2D eigenvalue weighted by atomic mass is 28.4. The number of hydrogen-bond acceptors (Lipinski definition) is 1. The number of rotatable bonds is 2. The molecule has 0 aromatic rings. The maximum atomic E-state index is 5.45. The van der Waals surface area contributed by atoms with Gasteiger partial charge in [0, 0.05) is 16.1 Å². The van der Waals surface area contributed by atoms with Gasteiger partial charge in [-0.2, -0.15) is 0 Å². The van der Waals surface area contributed by atoms with E-state index in [4.69, 9.17) is 4.43 Å². The molecule has 0 radical (unpaired) electrons. The SMILES string of the molecule is CCO[SiH]1C[SiH2]C1. The molecule has 7 heavy (non-hydrogen) atoms. The molecule has 0 aromatic carbocycles. The van der Waals surface area contributed by atoms with E-state index in [0.717, 1.165) is 6.61 Å². The van der Waals surface area contributed by atoms with E-state index in [9.17, 15) is 0 Å². The molecule has 0 aromatic heterocycles. The molecular formula is C4H12OSi2. The molecule has 3 heteroatoms. The van der Waals surface area contributed by atoms with Crippen molar-refractivity contribution in [3.8, 4) is 0 Å². The maximum Gasteiger partial charge on any atom is 0.170 e. The Balaban J connectivity index is 1.93. The van der Waals surface area contributed by atoms with Gasteiger partial charge in [-0.3, -0.25) is 0 Å². The molecular weight excluding hydrogens is 120 g/mol. The van der Waals surface area contributed by atoms with Gasteiger partial charge in [-0.05, 0) is 18.3 Å². The van der Waals surface area contributed by atoms with Crippen molar-refractivity contribution in [3.63, 3.8) is 0 Å². The van der Waals surface area contributed by atoms with Crippen LogP contribution in [0.25, 0.3) is 0 Å². The Bertz CT molecular complexity index is 53.7.